The van der Waals surface area contributed by atoms with Crippen LogP contribution in [0.1, 0.15) is 11.1 Å². The van der Waals surface area contributed by atoms with E-state index >= 15 is 0 Å². The average Bonchev–Trinajstić information content (AvgIpc) is 2.55. The molecule has 21 heavy (non-hydrogen) atoms. The van der Waals surface area contributed by atoms with Crippen LogP contribution in [0.25, 0.3) is 0 Å². The Morgan fingerprint density at radius 1 is 0.905 bits per heavy atom. The van der Waals surface area contributed by atoms with Gasteiger partial charge >= 0.3 is 0 Å². The minimum atomic E-state index is 0.621. The van der Waals surface area contributed by atoms with Gasteiger partial charge in [0, 0.05) is 13.1 Å². The van der Waals surface area contributed by atoms with Gasteiger partial charge in [-0.25, -0.2) is 0 Å². The molecule has 0 amide bonds. The van der Waals surface area contributed by atoms with Crippen LogP contribution in [0.5, 0.6) is 17.2 Å². The molecule has 2 aromatic rings. The zero-order valence-electron chi connectivity index (χ0n) is 12.1. The third kappa shape index (κ3) is 3.47. The number of fused-ring (bicyclic) bond motifs is 1. The molecule has 0 aliphatic carbocycles. The van der Waals surface area contributed by atoms with E-state index in [1.165, 1.54) is 11.1 Å². The van der Waals surface area contributed by atoms with E-state index in [1.807, 2.05) is 24.3 Å². The molecule has 0 atom stereocenters. The molecule has 0 unspecified atom stereocenters. The number of rotatable bonds is 5. The lowest BCUT2D eigenvalue weighted by atomic mass is 10.1. The van der Waals surface area contributed by atoms with E-state index in [1.54, 1.807) is 7.11 Å². The molecular weight excluding hydrogens is 266 g/mol. The Labute approximate surface area is 124 Å². The summed E-state index contributed by atoms with van der Waals surface area (Å²) in [5, 5.41) is 3.43. The van der Waals surface area contributed by atoms with Crippen LogP contribution in [0.3, 0.4) is 0 Å². The summed E-state index contributed by atoms with van der Waals surface area (Å²) < 4.78 is 16.3. The molecule has 0 aromatic heterocycles. The topological polar surface area (TPSA) is 39.7 Å². The lowest BCUT2D eigenvalue weighted by molar-refractivity contribution is 0.171. The van der Waals surface area contributed by atoms with E-state index in [-0.39, 0.29) is 0 Å². The van der Waals surface area contributed by atoms with Crippen LogP contribution < -0.4 is 19.5 Å². The number of benzene rings is 2. The minimum Gasteiger partial charge on any atom is -0.497 e. The van der Waals surface area contributed by atoms with E-state index in [4.69, 9.17) is 14.2 Å². The van der Waals surface area contributed by atoms with Crippen molar-refractivity contribution < 1.29 is 14.2 Å². The van der Waals surface area contributed by atoms with Crippen molar-refractivity contribution in [3.05, 3.63) is 53.6 Å². The first-order chi connectivity index (χ1) is 10.3. The molecule has 0 spiro atoms. The SMILES string of the molecule is COc1ccc(CNCc2ccc3c(c2)OCCO3)cc1. The molecule has 0 bridgehead atoms. The van der Waals surface area contributed by atoms with Crippen molar-refractivity contribution in [2.45, 2.75) is 13.1 Å². The normalized spacial score (nSPS) is 13.0. The van der Waals surface area contributed by atoms with Crippen molar-refractivity contribution in [3.8, 4) is 17.2 Å². The monoisotopic (exact) mass is 285 g/mol. The molecule has 0 radical (unpaired) electrons. The van der Waals surface area contributed by atoms with Gasteiger partial charge in [0.05, 0.1) is 7.11 Å². The Morgan fingerprint density at radius 2 is 1.57 bits per heavy atom. The van der Waals surface area contributed by atoms with E-state index in [9.17, 15) is 0 Å². The first-order valence-electron chi connectivity index (χ1n) is 7.07. The van der Waals surface area contributed by atoms with E-state index in [2.05, 4.69) is 23.5 Å². The maximum atomic E-state index is 5.59. The molecule has 3 rings (SSSR count). The molecule has 4 heteroatoms. The summed E-state index contributed by atoms with van der Waals surface area (Å²) in [6, 6.07) is 14.1. The smallest absolute Gasteiger partial charge is 0.161 e. The Kier molecular flexibility index (Phi) is 4.26. The molecule has 1 heterocycles. The van der Waals surface area contributed by atoms with Gasteiger partial charge in [0.15, 0.2) is 11.5 Å². The predicted molar refractivity (Wildman–Crippen MR) is 81.0 cm³/mol. The molecular formula is C17H19NO3. The van der Waals surface area contributed by atoms with E-state index in [0.29, 0.717) is 13.2 Å². The zero-order valence-corrected chi connectivity index (χ0v) is 12.1. The van der Waals surface area contributed by atoms with Crippen LogP contribution in [-0.4, -0.2) is 20.3 Å². The van der Waals surface area contributed by atoms with Crippen LogP contribution >= 0.6 is 0 Å². The summed E-state index contributed by atoms with van der Waals surface area (Å²) in [6.45, 7) is 2.86. The maximum absolute atomic E-state index is 5.59. The summed E-state index contributed by atoms with van der Waals surface area (Å²) in [7, 11) is 1.68. The summed E-state index contributed by atoms with van der Waals surface area (Å²) in [5.41, 5.74) is 2.42. The number of methoxy groups -OCH3 is 1. The molecule has 2 aromatic carbocycles. The second kappa shape index (κ2) is 6.50. The Balaban J connectivity index is 1.55. The number of hydrogen-bond donors (Lipinski definition) is 1. The van der Waals surface area contributed by atoms with Gasteiger partial charge in [-0.05, 0) is 35.4 Å². The average molecular weight is 285 g/mol. The van der Waals surface area contributed by atoms with Crippen molar-refractivity contribution in [1.82, 2.24) is 5.32 Å². The highest BCUT2D eigenvalue weighted by Gasteiger charge is 2.11. The first-order valence-corrected chi connectivity index (χ1v) is 7.07. The fourth-order valence-electron chi connectivity index (χ4n) is 2.29. The summed E-state index contributed by atoms with van der Waals surface area (Å²) in [5.74, 6) is 2.55. The third-order valence-electron chi connectivity index (χ3n) is 3.42. The van der Waals surface area contributed by atoms with Gasteiger partial charge in [0.25, 0.3) is 0 Å². The fourth-order valence-corrected chi connectivity index (χ4v) is 2.29. The predicted octanol–water partition coefficient (Wildman–Crippen LogP) is 2.76. The maximum Gasteiger partial charge on any atom is 0.161 e. The van der Waals surface area contributed by atoms with Crippen LogP contribution in [0.15, 0.2) is 42.5 Å². The zero-order chi connectivity index (χ0) is 14.5. The van der Waals surface area contributed by atoms with Crippen molar-refractivity contribution in [1.29, 1.82) is 0 Å². The highest BCUT2D eigenvalue weighted by atomic mass is 16.6. The Hall–Kier alpha value is -2.20. The number of ether oxygens (including phenoxy) is 3. The molecule has 0 saturated carbocycles. The molecule has 110 valence electrons. The quantitative estimate of drug-likeness (QED) is 0.917. The van der Waals surface area contributed by atoms with Crippen LogP contribution in [0.4, 0.5) is 0 Å². The molecule has 0 saturated heterocycles. The van der Waals surface area contributed by atoms with Crippen LogP contribution in [-0.2, 0) is 13.1 Å². The molecule has 1 aliphatic rings. The third-order valence-corrected chi connectivity index (χ3v) is 3.42. The Morgan fingerprint density at radius 3 is 2.33 bits per heavy atom. The van der Waals surface area contributed by atoms with Gasteiger partial charge in [0.2, 0.25) is 0 Å². The standard InChI is InChI=1S/C17H19NO3/c1-19-15-5-2-13(3-6-15)11-18-12-14-4-7-16-17(10-14)21-9-8-20-16/h2-7,10,18H,8-9,11-12H2,1H3. The molecule has 1 aliphatic heterocycles. The van der Waals surface area contributed by atoms with E-state index < -0.39 is 0 Å². The highest BCUT2D eigenvalue weighted by molar-refractivity contribution is 5.43. The van der Waals surface area contributed by atoms with Crippen molar-refractivity contribution in [3.63, 3.8) is 0 Å². The van der Waals surface area contributed by atoms with Gasteiger partial charge < -0.3 is 19.5 Å². The molecule has 4 nitrogen and oxygen atoms in total. The van der Waals surface area contributed by atoms with Gasteiger partial charge in [-0.2, -0.15) is 0 Å². The number of nitrogens with one attached hydrogen (secondary N) is 1. The second-order valence-electron chi connectivity index (χ2n) is 4.93. The van der Waals surface area contributed by atoms with Crippen molar-refractivity contribution in [2.24, 2.45) is 0 Å². The highest BCUT2D eigenvalue weighted by Crippen LogP contribution is 2.30. The van der Waals surface area contributed by atoms with Crippen molar-refractivity contribution >= 4 is 0 Å². The first kappa shape index (κ1) is 13.8. The van der Waals surface area contributed by atoms with Crippen LogP contribution in [0, 0.1) is 0 Å². The lowest BCUT2D eigenvalue weighted by Gasteiger charge is -2.19. The summed E-state index contributed by atoms with van der Waals surface area (Å²) >= 11 is 0. The second-order valence-corrected chi connectivity index (χ2v) is 4.93. The van der Waals surface area contributed by atoms with Crippen molar-refractivity contribution in [2.75, 3.05) is 20.3 Å². The van der Waals surface area contributed by atoms with Crippen LogP contribution in [0.2, 0.25) is 0 Å². The molecule has 1 N–H and O–H groups in total. The number of hydrogen-bond acceptors (Lipinski definition) is 4. The summed E-state index contributed by atoms with van der Waals surface area (Å²) in [6.07, 6.45) is 0. The van der Waals surface area contributed by atoms with Gasteiger partial charge in [-0.15, -0.1) is 0 Å². The fraction of sp³-hybridized carbons (Fsp3) is 0.294. The molecule has 0 fully saturated rings. The van der Waals surface area contributed by atoms with Gasteiger partial charge in [-0.1, -0.05) is 18.2 Å². The van der Waals surface area contributed by atoms with E-state index in [0.717, 1.165) is 30.3 Å². The summed E-state index contributed by atoms with van der Waals surface area (Å²) in [4.78, 5) is 0. The van der Waals surface area contributed by atoms with Gasteiger partial charge in [-0.3, -0.25) is 0 Å². The minimum absolute atomic E-state index is 0.621. The Bertz CT molecular complexity index is 595. The lowest BCUT2D eigenvalue weighted by Crippen LogP contribution is -2.16. The van der Waals surface area contributed by atoms with Gasteiger partial charge in [0.1, 0.15) is 19.0 Å². The largest absolute Gasteiger partial charge is 0.497 e.